The fourth-order valence-electron chi connectivity index (χ4n) is 7.63. The van der Waals surface area contributed by atoms with Crippen LogP contribution in [-0.2, 0) is 10.2 Å². The molecule has 1 aromatic heterocycles. The number of carbonyl (C=O) groups is 1. The number of nitrogens with zero attached hydrogens (tertiary/aromatic N) is 2. The minimum Gasteiger partial charge on any atom is -0.318 e. The zero-order valence-corrected chi connectivity index (χ0v) is 23.1. The van der Waals surface area contributed by atoms with Gasteiger partial charge in [0.2, 0.25) is 5.91 Å². The first kappa shape index (κ1) is 24.8. The summed E-state index contributed by atoms with van der Waals surface area (Å²) in [5.41, 5.74) is 9.11. The fraction of sp³-hybridized carbons (Fsp3) is 0.419. The number of carbonyl (C=O) groups excluding carboxylic acids is 1. The second kappa shape index (κ2) is 9.99. The van der Waals surface area contributed by atoms with Crippen LogP contribution < -0.4 is 5.43 Å². The third-order valence-electron chi connectivity index (χ3n) is 8.82. The van der Waals surface area contributed by atoms with Crippen LogP contribution in [0.25, 0.3) is 5.69 Å². The zero-order valence-electron chi connectivity index (χ0n) is 21.5. The van der Waals surface area contributed by atoms with Crippen molar-refractivity contribution in [3.63, 3.8) is 0 Å². The summed E-state index contributed by atoms with van der Waals surface area (Å²) >= 11 is 7.38. The summed E-state index contributed by atoms with van der Waals surface area (Å²) in [6.45, 7) is 4.23. The van der Waals surface area contributed by atoms with Gasteiger partial charge in [0.1, 0.15) is 0 Å². The van der Waals surface area contributed by atoms with Gasteiger partial charge in [-0.25, -0.2) is 5.43 Å². The van der Waals surface area contributed by atoms with Gasteiger partial charge in [0.05, 0.1) is 12.0 Å². The van der Waals surface area contributed by atoms with Crippen LogP contribution in [0.4, 0.5) is 0 Å². The molecule has 0 unspecified atom stereocenters. The molecular weight excluding hydrogens is 498 g/mol. The lowest BCUT2D eigenvalue weighted by Crippen LogP contribution is -2.48. The van der Waals surface area contributed by atoms with Crippen LogP contribution in [0, 0.1) is 31.6 Å². The van der Waals surface area contributed by atoms with Crippen molar-refractivity contribution in [3.05, 3.63) is 82.1 Å². The van der Waals surface area contributed by atoms with E-state index in [-0.39, 0.29) is 5.91 Å². The molecule has 4 nitrogen and oxygen atoms in total. The SMILES string of the molecule is Cc1cc(/C=N\NC(=O)CSc2ccc(Cl)cc2)c(C)n1-c1ccc(C23CC4CC(CC(C4)C2)C3)cc1. The molecule has 4 aliphatic carbocycles. The highest BCUT2D eigenvalue weighted by Gasteiger charge is 2.51. The third kappa shape index (κ3) is 5.00. The van der Waals surface area contributed by atoms with E-state index < -0.39 is 0 Å². The van der Waals surface area contributed by atoms with Gasteiger partial charge in [0.25, 0.3) is 0 Å². The molecule has 1 heterocycles. The number of hydrogen-bond donors (Lipinski definition) is 1. The Kier molecular flexibility index (Phi) is 6.70. The molecule has 7 rings (SSSR count). The van der Waals surface area contributed by atoms with Crippen molar-refractivity contribution in [1.29, 1.82) is 0 Å². The van der Waals surface area contributed by atoms with E-state index in [1.807, 2.05) is 24.3 Å². The van der Waals surface area contributed by atoms with Gasteiger partial charge in [0.15, 0.2) is 0 Å². The van der Waals surface area contributed by atoms with Crippen LogP contribution in [0.3, 0.4) is 0 Å². The molecule has 37 heavy (non-hydrogen) atoms. The van der Waals surface area contributed by atoms with Gasteiger partial charge in [0, 0.05) is 32.6 Å². The number of aryl methyl sites for hydroxylation is 1. The zero-order chi connectivity index (χ0) is 25.6. The maximum atomic E-state index is 12.2. The van der Waals surface area contributed by atoms with Crippen molar-refractivity contribution in [3.8, 4) is 5.69 Å². The lowest BCUT2D eigenvalue weighted by atomic mass is 9.48. The van der Waals surface area contributed by atoms with Gasteiger partial charge >= 0.3 is 0 Å². The second-order valence-electron chi connectivity index (χ2n) is 11.4. The Morgan fingerprint density at radius 3 is 2.27 bits per heavy atom. The van der Waals surface area contributed by atoms with Crippen LogP contribution >= 0.6 is 23.4 Å². The summed E-state index contributed by atoms with van der Waals surface area (Å²) in [7, 11) is 0. The van der Waals surface area contributed by atoms with E-state index in [4.69, 9.17) is 11.6 Å². The number of aromatic nitrogens is 1. The Labute approximate surface area is 228 Å². The maximum absolute atomic E-state index is 12.2. The van der Waals surface area contributed by atoms with E-state index in [1.54, 1.807) is 11.8 Å². The molecule has 3 aromatic rings. The first-order valence-electron chi connectivity index (χ1n) is 13.4. The molecule has 4 aliphatic rings. The molecule has 2 aromatic carbocycles. The van der Waals surface area contributed by atoms with Crippen LogP contribution in [0.1, 0.15) is 61.0 Å². The van der Waals surface area contributed by atoms with Gasteiger partial charge in [-0.15, -0.1) is 11.8 Å². The molecule has 0 aliphatic heterocycles. The summed E-state index contributed by atoms with van der Waals surface area (Å²) < 4.78 is 2.28. The highest BCUT2D eigenvalue weighted by Crippen LogP contribution is 2.60. The Hall–Kier alpha value is -2.50. The van der Waals surface area contributed by atoms with Crippen molar-refractivity contribution in [2.45, 2.75) is 62.7 Å². The molecule has 6 heteroatoms. The summed E-state index contributed by atoms with van der Waals surface area (Å²) in [5, 5.41) is 4.91. The van der Waals surface area contributed by atoms with Gasteiger partial charge in [-0.05, 0) is 124 Å². The maximum Gasteiger partial charge on any atom is 0.250 e. The topological polar surface area (TPSA) is 46.4 Å². The van der Waals surface area contributed by atoms with Crippen LogP contribution in [0.15, 0.2) is 64.6 Å². The molecule has 0 atom stereocenters. The first-order valence-corrected chi connectivity index (χ1v) is 14.7. The van der Waals surface area contributed by atoms with Crippen molar-refractivity contribution in [1.82, 2.24) is 9.99 Å². The molecule has 4 bridgehead atoms. The van der Waals surface area contributed by atoms with Crippen LogP contribution in [-0.4, -0.2) is 22.4 Å². The van der Waals surface area contributed by atoms with Crippen molar-refractivity contribution >= 4 is 35.5 Å². The molecular formula is C31H34ClN3OS. The number of benzene rings is 2. The quantitative estimate of drug-likeness (QED) is 0.195. The van der Waals surface area contributed by atoms with Crippen molar-refractivity contribution < 1.29 is 4.79 Å². The summed E-state index contributed by atoms with van der Waals surface area (Å²) in [6, 6.07) is 19.0. The molecule has 0 spiro atoms. The van der Waals surface area contributed by atoms with E-state index in [2.05, 4.69) is 59.3 Å². The number of rotatable bonds is 7. The summed E-state index contributed by atoms with van der Waals surface area (Å²) in [5.74, 6) is 3.04. The summed E-state index contributed by atoms with van der Waals surface area (Å²) in [6.07, 6.45) is 10.4. The van der Waals surface area contributed by atoms with E-state index in [0.29, 0.717) is 16.2 Å². The van der Waals surface area contributed by atoms with Crippen molar-refractivity contribution in [2.24, 2.45) is 22.9 Å². The predicted octanol–water partition coefficient (Wildman–Crippen LogP) is 7.46. The Morgan fingerprint density at radius 2 is 1.65 bits per heavy atom. The fourth-order valence-corrected chi connectivity index (χ4v) is 8.45. The first-order chi connectivity index (χ1) is 17.9. The van der Waals surface area contributed by atoms with Gasteiger partial charge in [-0.2, -0.15) is 5.10 Å². The van der Waals surface area contributed by atoms with E-state index in [9.17, 15) is 4.79 Å². The number of hydrazone groups is 1. The second-order valence-corrected chi connectivity index (χ2v) is 12.9. The highest BCUT2D eigenvalue weighted by atomic mass is 35.5. The number of thioether (sulfide) groups is 1. The lowest BCUT2D eigenvalue weighted by Gasteiger charge is -2.57. The summed E-state index contributed by atoms with van der Waals surface area (Å²) in [4.78, 5) is 13.2. The molecule has 1 amide bonds. The van der Waals surface area contributed by atoms with E-state index >= 15 is 0 Å². The lowest BCUT2D eigenvalue weighted by molar-refractivity contribution is -0.118. The smallest absolute Gasteiger partial charge is 0.250 e. The Balaban J connectivity index is 1.11. The monoisotopic (exact) mass is 531 g/mol. The average molecular weight is 532 g/mol. The minimum absolute atomic E-state index is 0.134. The predicted molar refractivity (Wildman–Crippen MR) is 153 cm³/mol. The van der Waals surface area contributed by atoms with Gasteiger partial charge in [-0.1, -0.05) is 23.7 Å². The molecule has 0 saturated heterocycles. The Bertz CT molecular complexity index is 1290. The molecule has 4 saturated carbocycles. The van der Waals surface area contributed by atoms with Gasteiger partial charge < -0.3 is 4.57 Å². The van der Waals surface area contributed by atoms with Crippen molar-refractivity contribution in [2.75, 3.05) is 5.75 Å². The molecule has 192 valence electrons. The highest BCUT2D eigenvalue weighted by molar-refractivity contribution is 8.00. The number of halogens is 1. The number of amides is 1. The third-order valence-corrected chi connectivity index (χ3v) is 10.1. The molecule has 0 radical (unpaired) electrons. The average Bonchev–Trinajstić information content (AvgIpc) is 3.15. The standard InChI is InChI=1S/C31H34ClN3OS/c1-20-11-25(18-33-34-30(36)19-37-29-9-5-27(32)6-10-29)21(2)35(20)28-7-3-26(4-8-28)31-15-22-12-23(16-31)14-24(13-22)17-31/h3-11,18,22-24H,12-17,19H2,1-2H3,(H,34,36)/b33-18-. The van der Waals surface area contributed by atoms with Crippen LogP contribution in [0.2, 0.25) is 5.02 Å². The van der Waals surface area contributed by atoms with E-state index in [1.165, 1.54) is 56.0 Å². The largest absolute Gasteiger partial charge is 0.318 e. The van der Waals surface area contributed by atoms with Crippen LogP contribution in [0.5, 0.6) is 0 Å². The molecule has 4 fully saturated rings. The number of hydrogen-bond acceptors (Lipinski definition) is 3. The minimum atomic E-state index is -0.134. The molecule has 1 N–H and O–H groups in total. The van der Waals surface area contributed by atoms with Gasteiger partial charge in [-0.3, -0.25) is 4.79 Å². The van der Waals surface area contributed by atoms with E-state index in [0.717, 1.165) is 39.6 Å². The number of nitrogens with one attached hydrogen (secondary N) is 1. The Morgan fingerprint density at radius 1 is 1.03 bits per heavy atom. The normalized spacial score (nSPS) is 26.2.